The van der Waals surface area contributed by atoms with Gasteiger partial charge in [-0.05, 0) is 25.1 Å². The molecule has 1 unspecified atom stereocenters. The van der Waals surface area contributed by atoms with Crippen molar-refractivity contribution in [3.63, 3.8) is 0 Å². The van der Waals surface area contributed by atoms with Crippen molar-refractivity contribution in [1.82, 2.24) is 25.1 Å². The number of hydrogen-bond donors (Lipinski definition) is 2. The Hall–Kier alpha value is -3.18. The second kappa shape index (κ2) is 12.4. The minimum absolute atomic E-state index is 0.108. The number of aromatic nitrogens is 4. The molecule has 1 atom stereocenters. The number of anilines is 1. The molecule has 0 aliphatic rings. The van der Waals surface area contributed by atoms with Crippen molar-refractivity contribution in [2.45, 2.75) is 24.7 Å². The summed E-state index contributed by atoms with van der Waals surface area (Å²) in [6, 6.07) is 13.9. The van der Waals surface area contributed by atoms with Crippen molar-refractivity contribution in [3.05, 3.63) is 88.0 Å². The van der Waals surface area contributed by atoms with Crippen LogP contribution >= 0.6 is 46.3 Å². The van der Waals surface area contributed by atoms with Crippen LogP contribution in [0.4, 0.5) is 5.13 Å². The van der Waals surface area contributed by atoms with Gasteiger partial charge < -0.3 is 15.2 Å². The Kier molecular flexibility index (Phi) is 8.99. The number of hydrogen-bond acceptors (Lipinski definition) is 7. The lowest BCUT2D eigenvalue weighted by Gasteiger charge is -2.15. The third kappa shape index (κ3) is 6.78. The summed E-state index contributed by atoms with van der Waals surface area (Å²) in [5, 5.41) is 17.8. The SMILES string of the molecule is C=CCn1c(SCC(=O)Nc2nc(-c3ccccc3)cs2)nnc1C(C)NC(=O)c1ccc(Cl)cc1Cl. The number of amides is 2. The van der Waals surface area contributed by atoms with Crippen LogP contribution in [0, 0.1) is 0 Å². The van der Waals surface area contributed by atoms with E-state index in [2.05, 4.69) is 32.4 Å². The van der Waals surface area contributed by atoms with Gasteiger partial charge in [0, 0.05) is 22.5 Å². The van der Waals surface area contributed by atoms with E-state index in [1.165, 1.54) is 29.2 Å². The minimum Gasteiger partial charge on any atom is -0.342 e. The second-order valence-electron chi connectivity index (χ2n) is 7.80. The van der Waals surface area contributed by atoms with E-state index in [0.29, 0.717) is 33.2 Å². The van der Waals surface area contributed by atoms with Crippen LogP contribution in [-0.4, -0.2) is 37.3 Å². The molecule has 0 aliphatic carbocycles. The summed E-state index contributed by atoms with van der Waals surface area (Å²) in [5.74, 6) is 0.0479. The summed E-state index contributed by atoms with van der Waals surface area (Å²) in [6.07, 6.45) is 1.70. The summed E-state index contributed by atoms with van der Waals surface area (Å²) in [4.78, 5) is 29.8. The number of allylic oxidation sites excluding steroid dienone is 1. The number of carbonyl (C=O) groups is 2. The Morgan fingerprint density at radius 3 is 2.70 bits per heavy atom. The fourth-order valence-corrected chi connectivity index (χ4v) is 5.38. The summed E-state index contributed by atoms with van der Waals surface area (Å²) in [5.41, 5.74) is 2.09. The summed E-state index contributed by atoms with van der Waals surface area (Å²) in [7, 11) is 0. The van der Waals surface area contributed by atoms with Crippen LogP contribution in [0.5, 0.6) is 0 Å². The van der Waals surface area contributed by atoms with Crippen molar-refractivity contribution in [3.8, 4) is 11.3 Å². The molecule has 4 rings (SSSR count). The molecular weight excluding hydrogens is 551 g/mol. The van der Waals surface area contributed by atoms with Crippen molar-refractivity contribution in [2.75, 3.05) is 11.1 Å². The molecule has 37 heavy (non-hydrogen) atoms. The maximum atomic E-state index is 12.7. The molecule has 0 aliphatic heterocycles. The largest absolute Gasteiger partial charge is 0.342 e. The van der Waals surface area contributed by atoms with Gasteiger partial charge in [0.05, 0.1) is 28.1 Å². The Morgan fingerprint density at radius 1 is 1.19 bits per heavy atom. The Bertz CT molecular complexity index is 1420. The molecule has 2 N–H and O–H groups in total. The lowest BCUT2D eigenvalue weighted by molar-refractivity contribution is -0.113. The second-order valence-corrected chi connectivity index (χ2v) is 10.4. The highest BCUT2D eigenvalue weighted by molar-refractivity contribution is 7.99. The van der Waals surface area contributed by atoms with E-state index >= 15 is 0 Å². The van der Waals surface area contributed by atoms with Crippen molar-refractivity contribution < 1.29 is 9.59 Å². The molecule has 2 aromatic carbocycles. The number of nitrogens with one attached hydrogen (secondary N) is 2. The van der Waals surface area contributed by atoms with Gasteiger partial charge in [0.1, 0.15) is 0 Å². The van der Waals surface area contributed by atoms with Crippen molar-refractivity contribution >= 4 is 63.2 Å². The van der Waals surface area contributed by atoms with Crippen LogP contribution in [0.1, 0.15) is 29.1 Å². The van der Waals surface area contributed by atoms with Crippen LogP contribution in [-0.2, 0) is 11.3 Å². The fraction of sp³-hybridized carbons (Fsp3) is 0.160. The number of carbonyl (C=O) groups excluding carboxylic acids is 2. The highest BCUT2D eigenvalue weighted by atomic mass is 35.5. The molecule has 190 valence electrons. The number of rotatable bonds is 10. The van der Waals surface area contributed by atoms with Crippen molar-refractivity contribution in [1.29, 1.82) is 0 Å². The number of benzene rings is 2. The minimum atomic E-state index is -0.485. The van der Waals surface area contributed by atoms with Gasteiger partial charge in [0.2, 0.25) is 5.91 Å². The van der Waals surface area contributed by atoms with E-state index in [1.54, 1.807) is 29.7 Å². The number of halogens is 2. The lowest BCUT2D eigenvalue weighted by Crippen LogP contribution is -2.29. The zero-order chi connectivity index (χ0) is 26.4. The van der Waals surface area contributed by atoms with Gasteiger partial charge in [0.15, 0.2) is 16.1 Å². The van der Waals surface area contributed by atoms with Crippen LogP contribution < -0.4 is 10.6 Å². The first-order valence-electron chi connectivity index (χ1n) is 11.1. The number of thioether (sulfide) groups is 1. The van der Waals surface area contributed by atoms with Crippen LogP contribution in [0.25, 0.3) is 11.3 Å². The Labute approximate surface area is 232 Å². The van der Waals surface area contributed by atoms with E-state index in [9.17, 15) is 9.59 Å². The molecule has 4 aromatic rings. The maximum Gasteiger partial charge on any atom is 0.253 e. The van der Waals surface area contributed by atoms with Crippen LogP contribution in [0.15, 0.2) is 71.7 Å². The lowest BCUT2D eigenvalue weighted by atomic mass is 10.2. The molecule has 0 saturated carbocycles. The van der Waals surface area contributed by atoms with E-state index in [4.69, 9.17) is 23.2 Å². The van der Waals surface area contributed by atoms with E-state index in [-0.39, 0.29) is 22.6 Å². The zero-order valence-electron chi connectivity index (χ0n) is 19.6. The Balaban J connectivity index is 1.39. The van der Waals surface area contributed by atoms with E-state index in [1.807, 2.05) is 35.7 Å². The molecule has 2 amide bonds. The smallest absolute Gasteiger partial charge is 0.253 e. The predicted octanol–water partition coefficient (Wildman–Crippen LogP) is 6.12. The molecule has 0 bridgehead atoms. The maximum absolute atomic E-state index is 12.7. The Morgan fingerprint density at radius 2 is 1.97 bits per heavy atom. The average molecular weight is 574 g/mol. The molecular formula is C25H22Cl2N6O2S2. The highest BCUT2D eigenvalue weighted by Gasteiger charge is 2.21. The topological polar surface area (TPSA) is 102 Å². The molecule has 0 radical (unpaired) electrons. The van der Waals surface area contributed by atoms with Gasteiger partial charge in [-0.15, -0.1) is 28.1 Å². The third-order valence-corrected chi connectivity index (χ3v) is 7.39. The first-order valence-corrected chi connectivity index (χ1v) is 13.7. The third-order valence-electron chi connectivity index (χ3n) is 5.12. The average Bonchev–Trinajstić information content (AvgIpc) is 3.50. The van der Waals surface area contributed by atoms with E-state index in [0.717, 1.165) is 11.3 Å². The van der Waals surface area contributed by atoms with Gasteiger partial charge in [-0.3, -0.25) is 9.59 Å². The van der Waals surface area contributed by atoms with Gasteiger partial charge >= 0.3 is 0 Å². The van der Waals surface area contributed by atoms with E-state index < -0.39 is 6.04 Å². The molecule has 12 heteroatoms. The monoisotopic (exact) mass is 572 g/mol. The summed E-state index contributed by atoms with van der Waals surface area (Å²) < 4.78 is 1.80. The first-order chi connectivity index (χ1) is 17.9. The first kappa shape index (κ1) is 26.9. The molecule has 0 spiro atoms. The van der Waals surface area contributed by atoms with Gasteiger partial charge in [-0.1, -0.05) is 71.4 Å². The summed E-state index contributed by atoms with van der Waals surface area (Å²) >= 11 is 14.7. The molecule has 0 saturated heterocycles. The standard InChI is InChI=1S/C25H22Cl2N6O2S2/c1-3-11-33-22(15(2)28-23(35)18-10-9-17(26)12-19(18)27)31-32-25(33)37-14-21(34)30-24-29-20(13-36-24)16-7-5-4-6-8-16/h3-10,12-13,15H,1,11,14H2,2H3,(H,28,35)(H,29,30,34). The zero-order valence-corrected chi connectivity index (χ0v) is 22.8. The number of thiazole rings is 1. The summed E-state index contributed by atoms with van der Waals surface area (Å²) in [6.45, 7) is 5.99. The van der Waals surface area contributed by atoms with Gasteiger partial charge in [-0.25, -0.2) is 4.98 Å². The van der Waals surface area contributed by atoms with Gasteiger partial charge in [-0.2, -0.15) is 0 Å². The van der Waals surface area contributed by atoms with Crippen LogP contribution in [0.2, 0.25) is 10.0 Å². The van der Waals surface area contributed by atoms with Crippen molar-refractivity contribution in [2.24, 2.45) is 0 Å². The molecule has 2 aromatic heterocycles. The van der Waals surface area contributed by atoms with Gasteiger partial charge in [0.25, 0.3) is 5.91 Å². The quantitative estimate of drug-likeness (QED) is 0.175. The molecule has 8 nitrogen and oxygen atoms in total. The number of nitrogens with zero attached hydrogens (tertiary/aromatic N) is 4. The predicted molar refractivity (Wildman–Crippen MR) is 149 cm³/mol. The normalized spacial score (nSPS) is 11.6. The fourth-order valence-electron chi connectivity index (χ4n) is 3.40. The molecule has 0 fully saturated rings. The highest BCUT2D eigenvalue weighted by Crippen LogP contribution is 2.26. The molecule has 2 heterocycles. The van der Waals surface area contributed by atoms with Crippen LogP contribution in [0.3, 0.4) is 0 Å².